The van der Waals surface area contributed by atoms with Crippen molar-refractivity contribution in [3.8, 4) is 0 Å². The predicted octanol–water partition coefficient (Wildman–Crippen LogP) is 0.841. The Balaban J connectivity index is 3.33. The van der Waals surface area contributed by atoms with Crippen LogP contribution in [0.3, 0.4) is 0 Å². The van der Waals surface area contributed by atoms with E-state index in [9.17, 15) is 9.18 Å². The molecule has 0 aromatic rings. The number of hydrogen-bond acceptors (Lipinski definition) is 3. The van der Waals surface area contributed by atoms with Gasteiger partial charge in [-0.1, -0.05) is 0 Å². The summed E-state index contributed by atoms with van der Waals surface area (Å²) in [7, 11) is 1.78. The zero-order chi connectivity index (χ0) is 9.40. The van der Waals surface area contributed by atoms with E-state index in [0.29, 0.717) is 26.1 Å². The van der Waals surface area contributed by atoms with Crippen molar-refractivity contribution < 1.29 is 13.9 Å². The summed E-state index contributed by atoms with van der Waals surface area (Å²) < 4.78 is 16.5. The molecule has 0 aliphatic heterocycles. The van der Waals surface area contributed by atoms with Crippen LogP contribution >= 0.6 is 0 Å². The zero-order valence-corrected chi connectivity index (χ0v) is 7.68. The maximum Gasteiger partial charge on any atom is 0.307 e. The highest BCUT2D eigenvalue weighted by Gasteiger charge is 2.03. The summed E-state index contributed by atoms with van der Waals surface area (Å²) in [5.74, 6) is -0.219. The quantitative estimate of drug-likeness (QED) is 0.563. The summed E-state index contributed by atoms with van der Waals surface area (Å²) in [6, 6.07) is 0. The van der Waals surface area contributed by atoms with E-state index in [0.717, 1.165) is 0 Å². The zero-order valence-electron chi connectivity index (χ0n) is 7.68. The molecule has 0 saturated heterocycles. The van der Waals surface area contributed by atoms with Crippen molar-refractivity contribution in [1.82, 2.24) is 4.90 Å². The van der Waals surface area contributed by atoms with Crippen LogP contribution in [-0.4, -0.2) is 44.3 Å². The van der Waals surface area contributed by atoms with Crippen molar-refractivity contribution in [3.63, 3.8) is 0 Å². The largest absolute Gasteiger partial charge is 0.466 e. The van der Waals surface area contributed by atoms with Crippen molar-refractivity contribution in [2.45, 2.75) is 13.3 Å². The van der Waals surface area contributed by atoms with Gasteiger partial charge < -0.3 is 9.64 Å². The van der Waals surface area contributed by atoms with E-state index < -0.39 is 0 Å². The van der Waals surface area contributed by atoms with Crippen LogP contribution in [0.5, 0.6) is 0 Å². The third-order valence-electron chi connectivity index (χ3n) is 1.47. The van der Waals surface area contributed by atoms with Crippen LogP contribution < -0.4 is 0 Å². The second-order valence-electron chi connectivity index (χ2n) is 2.55. The molecular weight excluding hydrogens is 161 g/mol. The van der Waals surface area contributed by atoms with Crippen molar-refractivity contribution in [3.05, 3.63) is 0 Å². The lowest BCUT2D eigenvalue weighted by Crippen LogP contribution is -2.24. The number of nitrogens with zero attached hydrogens (tertiary/aromatic N) is 1. The minimum atomic E-state index is -0.376. The minimum absolute atomic E-state index is 0.219. The van der Waals surface area contributed by atoms with E-state index >= 15 is 0 Å². The first-order valence-electron chi connectivity index (χ1n) is 4.10. The second kappa shape index (κ2) is 7.03. The van der Waals surface area contributed by atoms with Crippen LogP contribution in [0.15, 0.2) is 0 Å². The Morgan fingerprint density at radius 1 is 1.50 bits per heavy atom. The monoisotopic (exact) mass is 177 g/mol. The van der Waals surface area contributed by atoms with Gasteiger partial charge in [-0.15, -0.1) is 0 Å². The summed E-state index contributed by atoms with van der Waals surface area (Å²) >= 11 is 0. The summed E-state index contributed by atoms with van der Waals surface area (Å²) in [6.07, 6.45) is 0.338. The van der Waals surface area contributed by atoms with Crippen LogP contribution in [-0.2, 0) is 9.53 Å². The van der Waals surface area contributed by atoms with E-state index in [1.54, 1.807) is 18.9 Å². The molecule has 0 aliphatic rings. The molecule has 0 amide bonds. The highest BCUT2D eigenvalue weighted by Crippen LogP contribution is 1.90. The average molecular weight is 177 g/mol. The van der Waals surface area contributed by atoms with Gasteiger partial charge in [0.1, 0.15) is 6.67 Å². The SMILES string of the molecule is CCOC(=O)CCN(C)CCF. The molecule has 0 unspecified atom stereocenters. The van der Waals surface area contributed by atoms with Gasteiger partial charge in [0.2, 0.25) is 0 Å². The van der Waals surface area contributed by atoms with Gasteiger partial charge in [-0.25, -0.2) is 4.39 Å². The lowest BCUT2D eigenvalue weighted by molar-refractivity contribution is -0.143. The summed E-state index contributed by atoms with van der Waals surface area (Å²) in [6.45, 7) is 2.73. The van der Waals surface area contributed by atoms with Crippen molar-refractivity contribution in [2.24, 2.45) is 0 Å². The number of esters is 1. The van der Waals surface area contributed by atoms with Gasteiger partial charge in [-0.2, -0.15) is 0 Å². The van der Waals surface area contributed by atoms with Crippen molar-refractivity contribution >= 4 is 5.97 Å². The first-order valence-corrected chi connectivity index (χ1v) is 4.10. The Morgan fingerprint density at radius 2 is 2.17 bits per heavy atom. The van der Waals surface area contributed by atoms with Crippen LogP contribution in [0.2, 0.25) is 0 Å². The fourth-order valence-corrected chi connectivity index (χ4v) is 0.771. The van der Waals surface area contributed by atoms with Crippen LogP contribution in [0.25, 0.3) is 0 Å². The van der Waals surface area contributed by atoms with Crippen molar-refractivity contribution in [1.29, 1.82) is 0 Å². The van der Waals surface area contributed by atoms with E-state index in [2.05, 4.69) is 0 Å². The maximum absolute atomic E-state index is 11.8. The fourth-order valence-electron chi connectivity index (χ4n) is 0.771. The molecular formula is C8H16FNO2. The molecule has 12 heavy (non-hydrogen) atoms. The minimum Gasteiger partial charge on any atom is -0.466 e. The summed E-state index contributed by atoms with van der Waals surface area (Å²) in [5.41, 5.74) is 0. The standard InChI is InChI=1S/C8H16FNO2/c1-3-12-8(11)4-6-10(2)7-5-9/h3-7H2,1-2H3. The molecule has 0 spiro atoms. The molecule has 0 aromatic carbocycles. The molecule has 0 aliphatic carbocycles. The Morgan fingerprint density at radius 3 is 2.67 bits per heavy atom. The first kappa shape index (κ1) is 11.4. The number of halogens is 1. The number of hydrogen-bond donors (Lipinski definition) is 0. The van der Waals surface area contributed by atoms with Gasteiger partial charge in [0, 0.05) is 13.1 Å². The number of carbonyl (C=O) groups excluding carboxylic acids is 1. The van der Waals surface area contributed by atoms with Crippen molar-refractivity contribution in [2.75, 3.05) is 33.4 Å². The smallest absolute Gasteiger partial charge is 0.307 e. The number of carbonyl (C=O) groups is 1. The highest BCUT2D eigenvalue weighted by molar-refractivity contribution is 5.69. The third kappa shape index (κ3) is 6.09. The molecule has 0 rings (SSSR count). The third-order valence-corrected chi connectivity index (χ3v) is 1.47. The second-order valence-corrected chi connectivity index (χ2v) is 2.55. The van der Waals surface area contributed by atoms with Gasteiger partial charge >= 0.3 is 5.97 Å². The number of rotatable bonds is 6. The Hall–Kier alpha value is -0.640. The fraction of sp³-hybridized carbons (Fsp3) is 0.875. The van der Waals surface area contributed by atoms with Gasteiger partial charge in [0.05, 0.1) is 13.0 Å². The number of ether oxygens (including phenoxy) is 1. The Kier molecular flexibility index (Phi) is 6.66. The molecule has 0 aromatic heterocycles. The molecule has 0 heterocycles. The molecule has 0 atom stereocenters. The van der Waals surface area contributed by atoms with E-state index in [1.807, 2.05) is 0 Å². The molecule has 0 fully saturated rings. The summed E-state index contributed by atoms with van der Waals surface area (Å²) in [5, 5.41) is 0. The maximum atomic E-state index is 11.8. The first-order chi connectivity index (χ1) is 5.70. The van der Waals surface area contributed by atoms with Crippen LogP contribution in [0.4, 0.5) is 4.39 Å². The van der Waals surface area contributed by atoms with E-state index in [4.69, 9.17) is 4.74 Å². The molecule has 4 heteroatoms. The van der Waals surface area contributed by atoms with Gasteiger partial charge in [0.15, 0.2) is 0 Å². The molecule has 0 N–H and O–H groups in total. The molecule has 0 saturated carbocycles. The lowest BCUT2D eigenvalue weighted by Gasteiger charge is -2.12. The lowest BCUT2D eigenvalue weighted by atomic mass is 10.4. The highest BCUT2D eigenvalue weighted by atomic mass is 19.1. The topological polar surface area (TPSA) is 29.5 Å². The average Bonchev–Trinajstić information content (AvgIpc) is 2.02. The Bertz CT molecular complexity index is 130. The van der Waals surface area contributed by atoms with Gasteiger partial charge in [0.25, 0.3) is 0 Å². The Labute approximate surface area is 72.5 Å². The van der Waals surface area contributed by atoms with Crippen LogP contribution in [0.1, 0.15) is 13.3 Å². The molecule has 0 radical (unpaired) electrons. The van der Waals surface area contributed by atoms with Crippen LogP contribution in [0, 0.1) is 0 Å². The van der Waals surface area contributed by atoms with Gasteiger partial charge in [-0.3, -0.25) is 4.79 Å². The molecule has 0 bridgehead atoms. The van der Waals surface area contributed by atoms with E-state index in [-0.39, 0.29) is 12.6 Å². The molecule has 3 nitrogen and oxygen atoms in total. The molecule has 72 valence electrons. The van der Waals surface area contributed by atoms with E-state index in [1.165, 1.54) is 0 Å². The normalized spacial score (nSPS) is 10.3. The number of alkyl halides is 1. The summed E-state index contributed by atoms with van der Waals surface area (Å²) in [4.78, 5) is 12.6. The van der Waals surface area contributed by atoms with Gasteiger partial charge in [-0.05, 0) is 14.0 Å². The predicted molar refractivity (Wildman–Crippen MR) is 44.7 cm³/mol.